The van der Waals surface area contributed by atoms with E-state index < -0.39 is 18.1 Å². The maximum Gasteiger partial charge on any atom is 0.336 e. The van der Waals surface area contributed by atoms with Crippen LogP contribution in [0.4, 0.5) is 0 Å². The number of methoxy groups -OCH3 is 1. The largest absolute Gasteiger partial charge is 0.467 e. The average molecular weight is 389 g/mol. The molecule has 0 saturated carbocycles. The van der Waals surface area contributed by atoms with Crippen molar-refractivity contribution >= 4 is 5.97 Å². The molecule has 0 aliphatic carbocycles. The summed E-state index contributed by atoms with van der Waals surface area (Å²) in [6, 6.07) is 29.2. The Kier molecular flexibility index (Phi) is 7.17. The fourth-order valence-corrected chi connectivity index (χ4v) is 3.65. The van der Waals surface area contributed by atoms with Crippen LogP contribution in [0.5, 0.6) is 0 Å². The molecule has 0 saturated heterocycles. The summed E-state index contributed by atoms with van der Waals surface area (Å²) in [5.41, 5.74) is 3.08. The second kappa shape index (κ2) is 10.0. The lowest BCUT2D eigenvalue weighted by atomic mass is 9.95. The molecular formula is C25H27NO3. The van der Waals surface area contributed by atoms with Crippen LogP contribution in [-0.2, 0) is 16.1 Å². The number of carbonyl (C=O) groups excluding carboxylic acids is 1. The Labute approximate surface area is 172 Å². The van der Waals surface area contributed by atoms with Crippen molar-refractivity contribution in [3.05, 3.63) is 108 Å². The molecule has 0 fully saturated rings. The predicted octanol–water partition coefficient (Wildman–Crippen LogP) is 4.53. The minimum atomic E-state index is -1.31. The highest BCUT2D eigenvalue weighted by Crippen LogP contribution is 2.35. The van der Waals surface area contributed by atoms with Gasteiger partial charge in [0.2, 0.25) is 0 Å². The van der Waals surface area contributed by atoms with Crippen LogP contribution in [0.15, 0.2) is 91.0 Å². The van der Waals surface area contributed by atoms with E-state index in [1.807, 2.05) is 66.7 Å². The molecule has 0 radical (unpaired) electrons. The third-order valence-corrected chi connectivity index (χ3v) is 5.23. The molecule has 3 aromatic rings. The number of aliphatic hydroxyl groups is 1. The molecule has 0 aromatic heterocycles. The van der Waals surface area contributed by atoms with Crippen molar-refractivity contribution in [2.75, 3.05) is 7.11 Å². The standard InChI is InChI=1S/C25H27NO3/c1-19(21-14-8-4-9-15-21)26(18-20-12-6-3-7-13-20)23(24(27)25(28)29-2)22-16-10-5-11-17-22/h3-17,19,23-24,27H,18H2,1-2H3/t19-,23-,24-/m1/s1. The Bertz CT molecular complexity index is 884. The summed E-state index contributed by atoms with van der Waals surface area (Å²) < 4.78 is 4.88. The predicted molar refractivity (Wildman–Crippen MR) is 114 cm³/mol. The highest BCUT2D eigenvalue weighted by Gasteiger charge is 2.36. The lowest BCUT2D eigenvalue weighted by Crippen LogP contribution is -2.42. The Morgan fingerprint density at radius 1 is 0.862 bits per heavy atom. The zero-order valence-corrected chi connectivity index (χ0v) is 16.8. The molecule has 0 heterocycles. The van der Waals surface area contributed by atoms with Crippen LogP contribution in [-0.4, -0.2) is 29.2 Å². The zero-order valence-electron chi connectivity index (χ0n) is 16.8. The van der Waals surface area contributed by atoms with Gasteiger partial charge < -0.3 is 9.84 Å². The number of carbonyl (C=O) groups is 1. The van der Waals surface area contributed by atoms with E-state index in [0.717, 1.165) is 16.7 Å². The lowest BCUT2D eigenvalue weighted by molar-refractivity contribution is -0.155. The molecule has 0 bridgehead atoms. The number of rotatable bonds is 8. The molecule has 29 heavy (non-hydrogen) atoms. The van der Waals surface area contributed by atoms with Gasteiger partial charge >= 0.3 is 5.97 Å². The summed E-state index contributed by atoms with van der Waals surface area (Å²) in [5, 5.41) is 11.0. The van der Waals surface area contributed by atoms with Gasteiger partial charge in [0.25, 0.3) is 0 Å². The number of nitrogens with zero attached hydrogens (tertiary/aromatic N) is 1. The van der Waals surface area contributed by atoms with E-state index in [-0.39, 0.29) is 6.04 Å². The van der Waals surface area contributed by atoms with Gasteiger partial charge in [0, 0.05) is 12.6 Å². The average Bonchev–Trinajstić information content (AvgIpc) is 2.79. The quantitative estimate of drug-likeness (QED) is 0.575. The van der Waals surface area contributed by atoms with Crippen molar-refractivity contribution in [3.63, 3.8) is 0 Å². The minimum Gasteiger partial charge on any atom is -0.467 e. The summed E-state index contributed by atoms with van der Waals surface area (Å²) in [7, 11) is 1.30. The SMILES string of the molecule is COC(=O)[C@H](O)[C@@H](c1ccccc1)N(Cc1ccccc1)[C@H](C)c1ccccc1. The molecule has 3 atom stereocenters. The van der Waals surface area contributed by atoms with E-state index in [1.165, 1.54) is 7.11 Å². The number of ether oxygens (including phenoxy) is 1. The van der Waals surface area contributed by atoms with Gasteiger partial charge in [-0.1, -0.05) is 91.0 Å². The van der Waals surface area contributed by atoms with Crippen molar-refractivity contribution in [3.8, 4) is 0 Å². The van der Waals surface area contributed by atoms with Gasteiger partial charge in [0.15, 0.2) is 6.10 Å². The van der Waals surface area contributed by atoms with E-state index in [9.17, 15) is 9.90 Å². The van der Waals surface area contributed by atoms with Crippen LogP contribution in [0, 0.1) is 0 Å². The first-order valence-electron chi connectivity index (χ1n) is 9.77. The molecule has 4 nitrogen and oxygen atoms in total. The highest BCUT2D eigenvalue weighted by molar-refractivity contribution is 5.75. The monoisotopic (exact) mass is 389 g/mol. The smallest absolute Gasteiger partial charge is 0.336 e. The molecule has 3 aromatic carbocycles. The van der Waals surface area contributed by atoms with E-state index in [4.69, 9.17) is 4.74 Å². The first-order valence-corrected chi connectivity index (χ1v) is 9.77. The van der Waals surface area contributed by atoms with Gasteiger partial charge in [-0.25, -0.2) is 4.79 Å². The first kappa shape index (κ1) is 20.8. The van der Waals surface area contributed by atoms with Crippen molar-refractivity contribution in [2.24, 2.45) is 0 Å². The number of esters is 1. The van der Waals surface area contributed by atoms with Crippen molar-refractivity contribution in [1.29, 1.82) is 0 Å². The fourth-order valence-electron chi connectivity index (χ4n) is 3.65. The number of aliphatic hydroxyl groups excluding tert-OH is 1. The van der Waals surface area contributed by atoms with Crippen LogP contribution in [0.1, 0.15) is 35.7 Å². The van der Waals surface area contributed by atoms with E-state index in [1.54, 1.807) is 0 Å². The topological polar surface area (TPSA) is 49.8 Å². The summed E-state index contributed by atoms with van der Waals surface area (Å²) in [6.45, 7) is 2.67. The second-order valence-electron chi connectivity index (χ2n) is 7.07. The molecule has 0 spiro atoms. The Morgan fingerprint density at radius 3 is 1.86 bits per heavy atom. The molecule has 150 valence electrons. The second-order valence-corrected chi connectivity index (χ2v) is 7.07. The molecule has 1 N–H and O–H groups in total. The van der Waals surface area contributed by atoms with Crippen molar-refractivity contribution < 1.29 is 14.6 Å². The molecule has 4 heteroatoms. The third kappa shape index (κ3) is 5.11. The normalized spacial score (nSPS) is 14.2. The lowest BCUT2D eigenvalue weighted by Gasteiger charge is -2.38. The summed E-state index contributed by atoms with van der Waals surface area (Å²) in [5.74, 6) is -0.642. The van der Waals surface area contributed by atoms with Crippen LogP contribution in [0.2, 0.25) is 0 Å². The van der Waals surface area contributed by atoms with E-state index in [2.05, 4.69) is 36.1 Å². The summed E-state index contributed by atoms with van der Waals surface area (Å²) in [4.78, 5) is 14.5. The van der Waals surface area contributed by atoms with Gasteiger partial charge in [-0.05, 0) is 23.6 Å². The molecule has 3 rings (SSSR count). The molecule has 0 aliphatic heterocycles. The minimum absolute atomic E-state index is 0.0408. The van der Waals surface area contributed by atoms with Gasteiger partial charge in [-0.15, -0.1) is 0 Å². The summed E-state index contributed by atoms with van der Waals surface area (Å²) in [6.07, 6.45) is -1.31. The van der Waals surface area contributed by atoms with Crippen LogP contribution >= 0.6 is 0 Å². The van der Waals surface area contributed by atoms with Crippen LogP contribution < -0.4 is 0 Å². The molecule has 0 unspecified atom stereocenters. The van der Waals surface area contributed by atoms with Gasteiger partial charge in [0.1, 0.15) is 0 Å². The zero-order chi connectivity index (χ0) is 20.6. The molecule has 0 amide bonds. The Hall–Kier alpha value is -2.95. The first-order chi connectivity index (χ1) is 14.1. The maximum atomic E-state index is 12.3. The van der Waals surface area contributed by atoms with Gasteiger partial charge in [-0.2, -0.15) is 0 Å². The fraction of sp³-hybridized carbons (Fsp3) is 0.240. The Morgan fingerprint density at radius 2 is 1.34 bits per heavy atom. The Balaban J connectivity index is 2.07. The van der Waals surface area contributed by atoms with E-state index in [0.29, 0.717) is 6.54 Å². The van der Waals surface area contributed by atoms with Crippen molar-refractivity contribution in [2.45, 2.75) is 31.7 Å². The third-order valence-electron chi connectivity index (χ3n) is 5.23. The van der Waals surface area contributed by atoms with Crippen LogP contribution in [0.3, 0.4) is 0 Å². The van der Waals surface area contributed by atoms with Crippen LogP contribution in [0.25, 0.3) is 0 Å². The van der Waals surface area contributed by atoms with Gasteiger partial charge in [-0.3, -0.25) is 4.90 Å². The number of hydrogen-bond acceptors (Lipinski definition) is 4. The maximum absolute atomic E-state index is 12.3. The van der Waals surface area contributed by atoms with Crippen molar-refractivity contribution in [1.82, 2.24) is 4.90 Å². The molecule has 0 aliphatic rings. The summed E-state index contributed by atoms with van der Waals surface area (Å²) >= 11 is 0. The molecular weight excluding hydrogens is 362 g/mol. The number of hydrogen-bond donors (Lipinski definition) is 1. The number of benzene rings is 3. The highest BCUT2D eigenvalue weighted by atomic mass is 16.5. The van der Waals surface area contributed by atoms with E-state index >= 15 is 0 Å². The van der Waals surface area contributed by atoms with Gasteiger partial charge in [0.05, 0.1) is 13.2 Å².